The SMILES string of the molecule is C[C@@H]1CN(C(=O)CCc2cc(=O)[nH]o2)CC[C@]1(C)O. The van der Waals surface area contributed by atoms with Crippen LogP contribution in [0.3, 0.4) is 0 Å². The molecule has 2 rings (SSSR count). The molecule has 0 saturated carbocycles. The fourth-order valence-electron chi connectivity index (χ4n) is 2.29. The first-order valence-corrected chi connectivity index (χ1v) is 6.56. The van der Waals surface area contributed by atoms with Crippen molar-refractivity contribution in [3.8, 4) is 0 Å². The molecule has 1 aromatic heterocycles. The highest BCUT2D eigenvalue weighted by atomic mass is 16.5. The molecule has 1 saturated heterocycles. The Morgan fingerprint density at radius 3 is 3.00 bits per heavy atom. The highest BCUT2D eigenvalue weighted by molar-refractivity contribution is 5.76. The first-order valence-electron chi connectivity index (χ1n) is 6.56. The summed E-state index contributed by atoms with van der Waals surface area (Å²) in [5.41, 5.74) is -0.977. The van der Waals surface area contributed by atoms with E-state index >= 15 is 0 Å². The zero-order chi connectivity index (χ0) is 14.0. The predicted molar refractivity (Wildman–Crippen MR) is 68.6 cm³/mol. The van der Waals surface area contributed by atoms with Crippen molar-refractivity contribution in [2.24, 2.45) is 5.92 Å². The molecule has 106 valence electrons. The van der Waals surface area contributed by atoms with E-state index in [0.717, 1.165) is 0 Å². The summed E-state index contributed by atoms with van der Waals surface area (Å²) in [4.78, 5) is 24.7. The van der Waals surface area contributed by atoms with Gasteiger partial charge in [-0.3, -0.25) is 9.59 Å². The van der Waals surface area contributed by atoms with E-state index in [1.165, 1.54) is 6.07 Å². The first-order chi connectivity index (χ1) is 8.88. The Bertz CT molecular complexity index is 503. The van der Waals surface area contributed by atoms with Crippen LogP contribution in [0.4, 0.5) is 0 Å². The lowest BCUT2D eigenvalue weighted by molar-refractivity contribution is -0.138. The van der Waals surface area contributed by atoms with Crippen LogP contribution < -0.4 is 5.56 Å². The van der Waals surface area contributed by atoms with Crippen LogP contribution in [0.2, 0.25) is 0 Å². The van der Waals surface area contributed by atoms with E-state index in [1.807, 2.05) is 13.8 Å². The van der Waals surface area contributed by atoms with Gasteiger partial charge in [0, 0.05) is 37.9 Å². The van der Waals surface area contributed by atoms with Crippen LogP contribution in [0, 0.1) is 5.92 Å². The van der Waals surface area contributed by atoms with Gasteiger partial charge in [-0.1, -0.05) is 6.92 Å². The summed E-state index contributed by atoms with van der Waals surface area (Å²) in [6, 6.07) is 1.36. The summed E-state index contributed by atoms with van der Waals surface area (Å²) in [6.07, 6.45) is 1.33. The van der Waals surface area contributed by atoms with E-state index in [4.69, 9.17) is 4.52 Å². The minimum atomic E-state index is -0.690. The second-order valence-electron chi connectivity index (χ2n) is 5.53. The zero-order valence-corrected chi connectivity index (χ0v) is 11.3. The number of carbonyl (C=O) groups excluding carboxylic acids is 1. The van der Waals surface area contributed by atoms with Crippen LogP contribution in [-0.2, 0) is 11.2 Å². The Balaban J connectivity index is 1.86. The van der Waals surface area contributed by atoms with Crippen molar-refractivity contribution in [1.29, 1.82) is 0 Å². The molecule has 0 aliphatic carbocycles. The molecule has 0 bridgehead atoms. The van der Waals surface area contributed by atoms with E-state index in [9.17, 15) is 14.7 Å². The maximum atomic E-state index is 12.0. The Hall–Kier alpha value is -1.56. The lowest BCUT2D eigenvalue weighted by Gasteiger charge is -2.41. The molecule has 0 spiro atoms. The molecular weight excluding hydrogens is 248 g/mol. The average Bonchev–Trinajstić information content (AvgIpc) is 2.76. The smallest absolute Gasteiger partial charge is 0.280 e. The highest BCUT2D eigenvalue weighted by Crippen LogP contribution is 2.27. The maximum Gasteiger partial charge on any atom is 0.280 e. The molecule has 2 atom stereocenters. The summed E-state index contributed by atoms with van der Waals surface area (Å²) in [5.74, 6) is 0.594. The summed E-state index contributed by atoms with van der Waals surface area (Å²) in [6.45, 7) is 4.91. The lowest BCUT2D eigenvalue weighted by atomic mass is 9.84. The fraction of sp³-hybridized carbons (Fsp3) is 0.692. The van der Waals surface area contributed by atoms with E-state index in [0.29, 0.717) is 38.1 Å². The molecule has 0 aromatic carbocycles. The van der Waals surface area contributed by atoms with Crippen molar-refractivity contribution >= 4 is 5.91 Å². The second kappa shape index (κ2) is 5.21. The van der Waals surface area contributed by atoms with Crippen molar-refractivity contribution in [3.63, 3.8) is 0 Å². The summed E-state index contributed by atoms with van der Waals surface area (Å²) >= 11 is 0. The van der Waals surface area contributed by atoms with Gasteiger partial charge in [-0.15, -0.1) is 0 Å². The van der Waals surface area contributed by atoms with Crippen LogP contribution in [0.1, 0.15) is 32.4 Å². The largest absolute Gasteiger partial charge is 0.390 e. The first kappa shape index (κ1) is 13.9. The van der Waals surface area contributed by atoms with Gasteiger partial charge in [0.05, 0.1) is 5.60 Å². The van der Waals surface area contributed by atoms with Crippen molar-refractivity contribution in [1.82, 2.24) is 10.1 Å². The van der Waals surface area contributed by atoms with Gasteiger partial charge in [-0.05, 0) is 13.3 Å². The molecule has 0 unspecified atom stereocenters. The number of nitrogens with one attached hydrogen (secondary N) is 1. The summed E-state index contributed by atoms with van der Waals surface area (Å²) in [7, 11) is 0. The third-order valence-corrected chi connectivity index (χ3v) is 3.96. The number of aromatic nitrogens is 1. The van der Waals surface area contributed by atoms with E-state index in [1.54, 1.807) is 4.90 Å². The monoisotopic (exact) mass is 268 g/mol. The van der Waals surface area contributed by atoms with Crippen molar-refractivity contribution in [2.45, 2.75) is 38.7 Å². The minimum Gasteiger partial charge on any atom is -0.390 e. The Morgan fingerprint density at radius 1 is 1.68 bits per heavy atom. The maximum absolute atomic E-state index is 12.0. The summed E-state index contributed by atoms with van der Waals surface area (Å²) < 4.78 is 4.91. The molecule has 2 N–H and O–H groups in total. The van der Waals surface area contributed by atoms with Gasteiger partial charge in [0.15, 0.2) is 0 Å². The van der Waals surface area contributed by atoms with Gasteiger partial charge in [-0.2, -0.15) is 5.16 Å². The van der Waals surface area contributed by atoms with Crippen LogP contribution in [0.25, 0.3) is 0 Å². The van der Waals surface area contributed by atoms with Crippen LogP contribution in [0.15, 0.2) is 15.4 Å². The van der Waals surface area contributed by atoms with Crippen molar-refractivity contribution in [3.05, 3.63) is 22.2 Å². The van der Waals surface area contributed by atoms with Crippen LogP contribution in [-0.4, -0.2) is 39.8 Å². The van der Waals surface area contributed by atoms with Gasteiger partial charge in [0.2, 0.25) is 5.91 Å². The van der Waals surface area contributed by atoms with Gasteiger partial charge < -0.3 is 14.5 Å². The van der Waals surface area contributed by atoms with Gasteiger partial charge in [0.1, 0.15) is 5.76 Å². The quantitative estimate of drug-likeness (QED) is 0.836. The number of hydrogen-bond donors (Lipinski definition) is 2. The predicted octanol–water partition coefficient (Wildman–Crippen LogP) is 0.520. The van der Waals surface area contributed by atoms with Crippen LogP contribution in [0.5, 0.6) is 0 Å². The van der Waals surface area contributed by atoms with Crippen molar-refractivity contribution in [2.75, 3.05) is 13.1 Å². The third-order valence-electron chi connectivity index (χ3n) is 3.96. The highest BCUT2D eigenvalue weighted by Gasteiger charge is 2.35. The Morgan fingerprint density at radius 2 is 2.42 bits per heavy atom. The number of carbonyl (C=O) groups is 1. The van der Waals surface area contributed by atoms with E-state index in [2.05, 4.69) is 5.16 Å². The Kier molecular flexibility index (Phi) is 3.80. The molecule has 0 radical (unpaired) electrons. The van der Waals surface area contributed by atoms with E-state index in [-0.39, 0.29) is 17.4 Å². The molecule has 1 aliphatic rings. The molecule has 1 amide bonds. The Labute approximate surface area is 111 Å². The molecular formula is C13H20N2O4. The van der Waals surface area contributed by atoms with Gasteiger partial charge >= 0.3 is 0 Å². The number of nitrogens with zero attached hydrogens (tertiary/aromatic N) is 1. The summed E-state index contributed by atoms with van der Waals surface area (Å²) in [5, 5.41) is 12.3. The van der Waals surface area contributed by atoms with Gasteiger partial charge in [0.25, 0.3) is 5.56 Å². The molecule has 6 heteroatoms. The number of rotatable bonds is 3. The number of aryl methyl sites for hydroxylation is 1. The van der Waals surface area contributed by atoms with Crippen molar-refractivity contribution < 1.29 is 14.4 Å². The minimum absolute atomic E-state index is 0.0335. The van der Waals surface area contributed by atoms with E-state index < -0.39 is 5.60 Å². The molecule has 1 aliphatic heterocycles. The van der Waals surface area contributed by atoms with Crippen LogP contribution >= 0.6 is 0 Å². The number of aliphatic hydroxyl groups is 1. The third kappa shape index (κ3) is 3.26. The average molecular weight is 268 g/mol. The zero-order valence-electron chi connectivity index (χ0n) is 11.3. The second-order valence-corrected chi connectivity index (χ2v) is 5.53. The number of likely N-dealkylation sites (tertiary alicyclic amines) is 1. The molecule has 1 aromatic rings. The number of hydrogen-bond acceptors (Lipinski definition) is 4. The number of amides is 1. The molecule has 2 heterocycles. The fourth-order valence-corrected chi connectivity index (χ4v) is 2.29. The molecule has 6 nitrogen and oxygen atoms in total. The number of aromatic amines is 1. The number of piperidine rings is 1. The lowest BCUT2D eigenvalue weighted by Crippen LogP contribution is -2.50. The normalized spacial score (nSPS) is 27.5. The van der Waals surface area contributed by atoms with Gasteiger partial charge in [-0.25, -0.2) is 0 Å². The molecule has 1 fully saturated rings. The topological polar surface area (TPSA) is 86.5 Å². The number of H-pyrrole nitrogens is 1. The molecule has 19 heavy (non-hydrogen) atoms. The standard InChI is InChI=1S/C13H20N2O4/c1-9-8-15(6-5-13(9,2)18)12(17)4-3-10-7-11(16)14-19-10/h7,9,18H,3-6,8H2,1-2H3,(H,14,16)/t9-,13+/m1/s1.